The van der Waals surface area contributed by atoms with Gasteiger partial charge in [-0.25, -0.2) is 4.39 Å². The van der Waals surface area contributed by atoms with Gasteiger partial charge in [0, 0.05) is 0 Å². The molecule has 0 saturated carbocycles. The monoisotopic (exact) mass is 330 g/mol. The Bertz CT molecular complexity index is 485. The van der Waals surface area contributed by atoms with Crippen LogP contribution in [0.2, 0.25) is 5.02 Å². The fourth-order valence-electron chi connectivity index (χ4n) is 1.74. The van der Waals surface area contributed by atoms with E-state index in [1.54, 1.807) is 0 Å². The predicted molar refractivity (Wildman–Crippen MR) is 81.4 cm³/mol. The van der Waals surface area contributed by atoms with E-state index in [9.17, 15) is 14.0 Å². The molecule has 6 heteroatoms. The molecule has 0 amide bonds. The van der Waals surface area contributed by atoms with Crippen molar-refractivity contribution in [2.75, 3.05) is 6.61 Å². The van der Waals surface area contributed by atoms with E-state index in [4.69, 9.17) is 21.1 Å². The van der Waals surface area contributed by atoms with Crippen molar-refractivity contribution in [3.8, 4) is 5.75 Å². The Morgan fingerprint density at radius 1 is 1.14 bits per heavy atom. The minimum Gasteiger partial charge on any atom is -0.466 e. The summed E-state index contributed by atoms with van der Waals surface area (Å²) in [4.78, 5) is 23.0. The lowest BCUT2D eigenvalue weighted by Crippen LogP contribution is -2.13. The summed E-state index contributed by atoms with van der Waals surface area (Å²) in [6.45, 7) is 2.45. The van der Waals surface area contributed by atoms with Gasteiger partial charge >= 0.3 is 11.9 Å². The van der Waals surface area contributed by atoms with Crippen LogP contribution in [0.25, 0.3) is 0 Å². The van der Waals surface area contributed by atoms with E-state index < -0.39 is 17.8 Å². The van der Waals surface area contributed by atoms with E-state index in [2.05, 4.69) is 6.92 Å². The average molecular weight is 331 g/mol. The second kappa shape index (κ2) is 10.2. The first kappa shape index (κ1) is 18.4. The van der Waals surface area contributed by atoms with Crippen molar-refractivity contribution >= 4 is 23.5 Å². The predicted octanol–water partition coefficient (Wildman–Crippen LogP) is 4.29. The number of halogens is 2. The molecule has 1 aromatic carbocycles. The maximum atomic E-state index is 13.4. The molecular weight excluding hydrogens is 311 g/mol. The molecule has 0 fully saturated rings. The number of ether oxygens (including phenoxy) is 2. The molecule has 0 aliphatic rings. The van der Waals surface area contributed by atoms with E-state index in [0.717, 1.165) is 31.7 Å². The molecule has 0 N–H and O–H groups in total. The van der Waals surface area contributed by atoms with Crippen LogP contribution in [-0.4, -0.2) is 18.5 Å². The van der Waals surface area contributed by atoms with Crippen LogP contribution in [0.15, 0.2) is 18.2 Å². The minimum absolute atomic E-state index is 0.00634. The standard InChI is InChI=1S/C16H20ClFO4/c1-2-3-4-5-11-21-14(19)9-10-15(20)22-16-12(17)7-6-8-13(16)18/h6-8H,2-5,9-11H2,1H3. The van der Waals surface area contributed by atoms with Gasteiger partial charge in [-0.15, -0.1) is 0 Å². The van der Waals surface area contributed by atoms with Gasteiger partial charge in [-0.1, -0.05) is 43.9 Å². The van der Waals surface area contributed by atoms with Gasteiger partial charge in [0.25, 0.3) is 0 Å². The third-order valence-corrected chi connectivity index (χ3v) is 3.23. The van der Waals surface area contributed by atoms with Crippen molar-refractivity contribution in [3.63, 3.8) is 0 Å². The molecular formula is C16H20ClFO4. The molecule has 0 unspecified atom stereocenters. The molecule has 4 nitrogen and oxygen atoms in total. The van der Waals surface area contributed by atoms with E-state index in [1.807, 2.05) is 0 Å². The van der Waals surface area contributed by atoms with Crippen LogP contribution in [-0.2, 0) is 14.3 Å². The van der Waals surface area contributed by atoms with Crippen molar-refractivity contribution in [1.29, 1.82) is 0 Å². The third kappa shape index (κ3) is 6.89. The summed E-state index contributed by atoms with van der Waals surface area (Å²) in [6.07, 6.45) is 3.76. The third-order valence-electron chi connectivity index (χ3n) is 2.93. The number of benzene rings is 1. The summed E-state index contributed by atoms with van der Waals surface area (Å²) in [5.41, 5.74) is 0. The summed E-state index contributed by atoms with van der Waals surface area (Å²) in [7, 11) is 0. The first-order valence-electron chi connectivity index (χ1n) is 7.35. The second-order valence-corrected chi connectivity index (χ2v) is 5.21. The highest BCUT2D eigenvalue weighted by molar-refractivity contribution is 6.32. The van der Waals surface area contributed by atoms with Gasteiger partial charge in [0.2, 0.25) is 0 Å². The topological polar surface area (TPSA) is 52.6 Å². The highest BCUT2D eigenvalue weighted by Crippen LogP contribution is 2.27. The highest BCUT2D eigenvalue weighted by atomic mass is 35.5. The fraction of sp³-hybridized carbons (Fsp3) is 0.500. The molecule has 122 valence electrons. The van der Waals surface area contributed by atoms with Gasteiger partial charge in [-0.3, -0.25) is 9.59 Å². The van der Waals surface area contributed by atoms with Crippen molar-refractivity contribution < 1.29 is 23.5 Å². The number of carbonyl (C=O) groups is 2. The zero-order valence-electron chi connectivity index (χ0n) is 12.6. The van der Waals surface area contributed by atoms with E-state index >= 15 is 0 Å². The fourth-order valence-corrected chi connectivity index (χ4v) is 1.94. The Morgan fingerprint density at radius 3 is 2.55 bits per heavy atom. The van der Waals surface area contributed by atoms with Crippen LogP contribution < -0.4 is 4.74 Å². The first-order chi connectivity index (χ1) is 10.5. The van der Waals surface area contributed by atoms with Crippen LogP contribution in [0.5, 0.6) is 5.75 Å². The lowest BCUT2D eigenvalue weighted by Gasteiger charge is -2.07. The van der Waals surface area contributed by atoms with Crippen LogP contribution in [0.1, 0.15) is 45.4 Å². The zero-order valence-corrected chi connectivity index (χ0v) is 13.3. The SMILES string of the molecule is CCCCCCOC(=O)CCC(=O)Oc1c(F)cccc1Cl. The molecule has 0 spiro atoms. The van der Waals surface area contributed by atoms with Crippen molar-refractivity contribution in [2.24, 2.45) is 0 Å². The first-order valence-corrected chi connectivity index (χ1v) is 7.72. The highest BCUT2D eigenvalue weighted by Gasteiger charge is 2.15. The molecule has 1 rings (SSSR count). The van der Waals surface area contributed by atoms with Crippen LogP contribution in [0, 0.1) is 5.82 Å². The summed E-state index contributed by atoms with van der Waals surface area (Å²) in [5, 5.41) is 0.00634. The molecule has 22 heavy (non-hydrogen) atoms. The average Bonchev–Trinajstić information content (AvgIpc) is 2.49. The van der Waals surface area contributed by atoms with E-state index in [0.29, 0.717) is 6.61 Å². The second-order valence-electron chi connectivity index (χ2n) is 4.81. The molecule has 0 heterocycles. The maximum absolute atomic E-state index is 13.4. The van der Waals surface area contributed by atoms with Crippen molar-refractivity contribution in [3.05, 3.63) is 29.0 Å². The number of rotatable bonds is 9. The summed E-state index contributed by atoms with van der Waals surface area (Å²) in [5.74, 6) is -2.23. The van der Waals surface area contributed by atoms with E-state index in [-0.39, 0.29) is 23.6 Å². The molecule has 1 aromatic rings. The number of para-hydroxylation sites is 1. The van der Waals surface area contributed by atoms with Crippen LogP contribution in [0.3, 0.4) is 0 Å². The van der Waals surface area contributed by atoms with Gasteiger partial charge in [0.05, 0.1) is 24.5 Å². The van der Waals surface area contributed by atoms with Gasteiger partial charge in [0.1, 0.15) is 0 Å². The minimum atomic E-state index is -0.727. The number of unbranched alkanes of at least 4 members (excludes halogenated alkanes) is 3. The Balaban J connectivity index is 2.27. The summed E-state index contributed by atoms with van der Waals surface area (Å²) in [6, 6.07) is 3.96. The summed E-state index contributed by atoms with van der Waals surface area (Å²) < 4.78 is 23.2. The van der Waals surface area contributed by atoms with Gasteiger partial charge in [-0.05, 0) is 18.6 Å². The Labute approximate surface area is 134 Å². The van der Waals surface area contributed by atoms with Crippen molar-refractivity contribution in [1.82, 2.24) is 0 Å². The summed E-state index contributed by atoms with van der Waals surface area (Å²) >= 11 is 5.74. The Morgan fingerprint density at radius 2 is 1.86 bits per heavy atom. The Hall–Kier alpha value is -1.62. The van der Waals surface area contributed by atoms with Crippen LogP contribution >= 0.6 is 11.6 Å². The maximum Gasteiger partial charge on any atom is 0.311 e. The van der Waals surface area contributed by atoms with Gasteiger partial charge in [0.15, 0.2) is 11.6 Å². The molecule has 0 bridgehead atoms. The zero-order chi connectivity index (χ0) is 16.4. The molecule has 0 radical (unpaired) electrons. The lowest BCUT2D eigenvalue weighted by molar-refractivity contribution is -0.147. The molecule has 0 aliphatic carbocycles. The molecule has 0 atom stereocenters. The smallest absolute Gasteiger partial charge is 0.311 e. The van der Waals surface area contributed by atoms with Gasteiger partial charge < -0.3 is 9.47 Å². The number of esters is 2. The lowest BCUT2D eigenvalue weighted by atomic mass is 10.2. The molecule has 0 saturated heterocycles. The molecule has 0 aliphatic heterocycles. The normalized spacial score (nSPS) is 10.3. The quantitative estimate of drug-likeness (QED) is 0.385. The largest absolute Gasteiger partial charge is 0.466 e. The number of hydrogen-bond acceptors (Lipinski definition) is 4. The van der Waals surface area contributed by atoms with Crippen molar-refractivity contribution in [2.45, 2.75) is 45.4 Å². The Kier molecular flexibility index (Phi) is 8.51. The number of hydrogen-bond donors (Lipinski definition) is 0. The van der Waals surface area contributed by atoms with E-state index in [1.165, 1.54) is 12.1 Å². The molecule has 0 aromatic heterocycles. The van der Waals surface area contributed by atoms with Gasteiger partial charge in [-0.2, -0.15) is 0 Å². The number of carbonyl (C=O) groups excluding carboxylic acids is 2. The van der Waals surface area contributed by atoms with Crippen LogP contribution in [0.4, 0.5) is 4.39 Å².